The van der Waals surface area contributed by atoms with Gasteiger partial charge in [0.1, 0.15) is 5.82 Å². The number of nitrogens with zero attached hydrogens (tertiary/aromatic N) is 1. The second-order valence-electron chi connectivity index (χ2n) is 4.91. The molecule has 0 heterocycles. The van der Waals surface area contributed by atoms with Crippen LogP contribution in [0.3, 0.4) is 0 Å². The minimum absolute atomic E-state index is 0.109. The van der Waals surface area contributed by atoms with Gasteiger partial charge in [0.25, 0.3) is 0 Å². The van der Waals surface area contributed by atoms with Gasteiger partial charge in [0, 0.05) is 18.9 Å². The summed E-state index contributed by atoms with van der Waals surface area (Å²) in [6.45, 7) is 0.973. The van der Waals surface area contributed by atoms with Gasteiger partial charge in [-0.15, -0.1) is 0 Å². The molecule has 3 heteroatoms. The van der Waals surface area contributed by atoms with Gasteiger partial charge in [-0.3, -0.25) is 0 Å². The zero-order valence-corrected chi connectivity index (χ0v) is 11.8. The fourth-order valence-corrected chi connectivity index (χ4v) is 3.22. The fourth-order valence-electron chi connectivity index (χ4n) is 2.77. The number of anilines is 1. The molecule has 1 aromatic carbocycles. The van der Waals surface area contributed by atoms with Crippen LogP contribution in [0.4, 0.5) is 10.1 Å². The molecule has 1 saturated carbocycles. The normalized spacial score (nSPS) is 16.4. The number of benzene rings is 1. The van der Waals surface area contributed by atoms with Crippen molar-refractivity contribution in [1.29, 1.82) is 0 Å². The third-order valence-corrected chi connectivity index (χ3v) is 4.21. The van der Waals surface area contributed by atoms with E-state index in [0.717, 1.165) is 23.7 Å². The Labute approximate surface area is 111 Å². The maximum Gasteiger partial charge on any atom is 0.146 e. The Bertz CT molecular complexity index is 374. The molecule has 1 aliphatic rings. The van der Waals surface area contributed by atoms with Gasteiger partial charge in [-0.05, 0) is 30.4 Å². The van der Waals surface area contributed by atoms with Crippen LogP contribution in [0.25, 0.3) is 0 Å². The van der Waals surface area contributed by atoms with Gasteiger partial charge >= 0.3 is 0 Å². The second kappa shape index (κ2) is 5.85. The average molecular weight is 300 g/mol. The Morgan fingerprint density at radius 3 is 2.71 bits per heavy atom. The predicted molar refractivity (Wildman–Crippen MR) is 74.3 cm³/mol. The van der Waals surface area contributed by atoms with Gasteiger partial charge < -0.3 is 4.90 Å². The SMILES string of the molecule is CN(CC1CCCC1)c1c(F)cccc1CBr. The molecule has 1 aliphatic carbocycles. The maximum atomic E-state index is 13.9. The molecule has 2 rings (SSSR count). The van der Waals surface area contributed by atoms with Crippen molar-refractivity contribution in [2.24, 2.45) is 5.92 Å². The van der Waals surface area contributed by atoms with E-state index in [9.17, 15) is 4.39 Å². The van der Waals surface area contributed by atoms with Crippen molar-refractivity contribution >= 4 is 21.6 Å². The first-order valence-electron chi connectivity index (χ1n) is 6.27. The minimum Gasteiger partial charge on any atom is -0.372 e. The van der Waals surface area contributed by atoms with Crippen LogP contribution in [-0.2, 0) is 5.33 Å². The Hall–Kier alpha value is -0.570. The number of hydrogen-bond acceptors (Lipinski definition) is 1. The third-order valence-electron chi connectivity index (χ3n) is 3.60. The molecule has 94 valence electrons. The van der Waals surface area contributed by atoms with Crippen molar-refractivity contribution in [2.75, 3.05) is 18.5 Å². The Balaban J connectivity index is 2.14. The van der Waals surface area contributed by atoms with Crippen molar-refractivity contribution in [3.63, 3.8) is 0 Å². The summed E-state index contributed by atoms with van der Waals surface area (Å²) in [5.41, 5.74) is 1.79. The number of alkyl halides is 1. The largest absolute Gasteiger partial charge is 0.372 e. The second-order valence-corrected chi connectivity index (χ2v) is 5.47. The van der Waals surface area contributed by atoms with E-state index in [0.29, 0.717) is 5.33 Å². The highest BCUT2D eigenvalue weighted by Crippen LogP contribution is 2.30. The first-order valence-corrected chi connectivity index (χ1v) is 7.39. The highest BCUT2D eigenvalue weighted by Gasteiger charge is 2.19. The van der Waals surface area contributed by atoms with Crippen molar-refractivity contribution in [1.82, 2.24) is 0 Å². The lowest BCUT2D eigenvalue weighted by Crippen LogP contribution is -2.25. The molecule has 0 amide bonds. The number of hydrogen-bond donors (Lipinski definition) is 0. The zero-order valence-electron chi connectivity index (χ0n) is 10.3. The van der Waals surface area contributed by atoms with Crippen LogP contribution in [0, 0.1) is 11.7 Å². The van der Waals surface area contributed by atoms with Crippen LogP contribution in [0.1, 0.15) is 31.2 Å². The third kappa shape index (κ3) is 3.01. The number of rotatable bonds is 4. The number of para-hydroxylation sites is 1. The van der Waals surface area contributed by atoms with E-state index < -0.39 is 0 Å². The van der Waals surface area contributed by atoms with Crippen molar-refractivity contribution in [3.05, 3.63) is 29.6 Å². The molecule has 0 radical (unpaired) electrons. The van der Waals surface area contributed by atoms with Crippen LogP contribution < -0.4 is 4.90 Å². The Morgan fingerprint density at radius 2 is 2.06 bits per heavy atom. The monoisotopic (exact) mass is 299 g/mol. The zero-order chi connectivity index (χ0) is 12.3. The van der Waals surface area contributed by atoms with E-state index in [1.165, 1.54) is 25.7 Å². The van der Waals surface area contributed by atoms with Gasteiger partial charge in [-0.2, -0.15) is 0 Å². The summed E-state index contributed by atoms with van der Waals surface area (Å²) in [6.07, 6.45) is 5.26. The minimum atomic E-state index is -0.109. The molecule has 1 nitrogen and oxygen atoms in total. The van der Waals surface area contributed by atoms with E-state index in [2.05, 4.69) is 20.8 Å². The lowest BCUT2D eigenvalue weighted by Gasteiger charge is -2.25. The number of halogens is 2. The summed E-state index contributed by atoms with van der Waals surface area (Å²) in [5, 5.41) is 0.703. The maximum absolute atomic E-state index is 13.9. The lowest BCUT2D eigenvalue weighted by molar-refractivity contribution is 0.538. The van der Waals surface area contributed by atoms with Gasteiger partial charge in [0.05, 0.1) is 5.69 Å². The summed E-state index contributed by atoms with van der Waals surface area (Å²) in [4.78, 5) is 2.09. The van der Waals surface area contributed by atoms with E-state index in [-0.39, 0.29) is 5.82 Å². The molecular formula is C14H19BrFN. The van der Waals surface area contributed by atoms with E-state index >= 15 is 0 Å². The lowest BCUT2D eigenvalue weighted by atomic mass is 10.1. The van der Waals surface area contributed by atoms with Gasteiger partial charge in [-0.1, -0.05) is 40.9 Å². The highest BCUT2D eigenvalue weighted by molar-refractivity contribution is 9.08. The van der Waals surface area contributed by atoms with E-state index in [1.54, 1.807) is 12.1 Å². The molecular weight excluding hydrogens is 281 g/mol. The first kappa shape index (κ1) is 12.9. The molecule has 17 heavy (non-hydrogen) atoms. The average Bonchev–Trinajstić information content (AvgIpc) is 2.81. The fraction of sp³-hybridized carbons (Fsp3) is 0.571. The predicted octanol–water partition coefficient (Wildman–Crippen LogP) is 4.35. The summed E-state index contributed by atoms with van der Waals surface area (Å²) in [5.74, 6) is 0.630. The molecule has 1 aromatic rings. The summed E-state index contributed by atoms with van der Waals surface area (Å²) in [6, 6.07) is 5.31. The Kier molecular flexibility index (Phi) is 4.43. The molecule has 0 bridgehead atoms. The molecule has 0 atom stereocenters. The topological polar surface area (TPSA) is 3.24 Å². The molecule has 0 spiro atoms. The quantitative estimate of drug-likeness (QED) is 0.747. The summed E-state index contributed by atoms with van der Waals surface area (Å²) in [7, 11) is 2.00. The highest BCUT2D eigenvalue weighted by atomic mass is 79.9. The summed E-state index contributed by atoms with van der Waals surface area (Å²) >= 11 is 3.43. The molecule has 0 aliphatic heterocycles. The Morgan fingerprint density at radius 1 is 1.35 bits per heavy atom. The smallest absolute Gasteiger partial charge is 0.146 e. The van der Waals surface area contributed by atoms with Crippen molar-refractivity contribution < 1.29 is 4.39 Å². The van der Waals surface area contributed by atoms with E-state index in [4.69, 9.17) is 0 Å². The van der Waals surface area contributed by atoms with Crippen LogP contribution >= 0.6 is 15.9 Å². The first-order chi connectivity index (χ1) is 8.22. The van der Waals surface area contributed by atoms with Crippen molar-refractivity contribution in [2.45, 2.75) is 31.0 Å². The standard InChI is InChI=1S/C14H19BrFN/c1-17(10-11-5-2-3-6-11)14-12(9-15)7-4-8-13(14)16/h4,7-8,11H,2-3,5-6,9-10H2,1H3. The van der Waals surface area contributed by atoms with E-state index in [1.807, 2.05) is 13.1 Å². The van der Waals surface area contributed by atoms with Gasteiger partial charge in [0.15, 0.2) is 0 Å². The van der Waals surface area contributed by atoms with Crippen LogP contribution in [0.15, 0.2) is 18.2 Å². The molecule has 0 aromatic heterocycles. The van der Waals surface area contributed by atoms with Gasteiger partial charge in [-0.25, -0.2) is 4.39 Å². The molecule has 0 saturated heterocycles. The molecule has 0 unspecified atom stereocenters. The molecule has 0 N–H and O–H groups in total. The van der Waals surface area contributed by atoms with Crippen molar-refractivity contribution in [3.8, 4) is 0 Å². The van der Waals surface area contributed by atoms with Crippen LogP contribution in [0.5, 0.6) is 0 Å². The van der Waals surface area contributed by atoms with Gasteiger partial charge in [0.2, 0.25) is 0 Å². The summed E-state index contributed by atoms with van der Waals surface area (Å²) < 4.78 is 13.9. The van der Waals surface area contributed by atoms with Crippen LogP contribution in [0.2, 0.25) is 0 Å². The van der Waals surface area contributed by atoms with Crippen LogP contribution in [-0.4, -0.2) is 13.6 Å². The molecule has 1 fully saturated rings.